The zero-order valence-electron chi connectivity index (χ0n) is 5.38. The summed E-state index contributed by atoms with van der Waals surface area (Å²) in [5, 5.41) is 0.185. The van der Waals surface area contributed by atoms with Crippen LogP contribution in [0.5, 0.6) is 5.75 Å². The van der Waals surface area contributed by atoms with Gasteiger partial charge in [0.2, 0.25) is 0 Å². The maximum atomic E-state index is 5.42. The van der Waals surface area contributed by atoms with Crippen LogP contribution >= 0.6 is 15.9 Å². The number of halogens is 1. The Morgan fingerprint density at radius 3 is 3.00 bits per heavy atom. The Kier molecular flexibility index (Phi) is 1.42. The summed E-state index contributed by atoms with van der Waals surface area (Å²) in [7, 11) is 0. The molecule has 0 fully saturated rings. The molecule has 0 saturated heterocycles. The van der Waals surface area contributed by atoms with E-state index in [2.05, 4.69) is 22.0 Å². The molecule has 1 aliphatic rings. The third-order valence-corrected chi connectivity index (χ3v) is 2.12. The molecule has 0 radical (unpaired) electrons. The summed E-state index contributed by atoms with van der Waals surface area (Å²) in [6.45, 7) is 0. The summed E-state index contributed by atoms with van der Waals surface area (Å²) in [4.78, 5) is 0. The summed E-state index contributed by atoms with van der Waals surface area (Å²) in [5.74, 6) is 1.02. The minimum atomic E-state index is 0.185. The van der Waals surface area contributed by atoms with Gasteiger partial charge in [0, 0.05) is 6.42 Å². The van der Waals surface area contributed by atoms with Gasteiger partial charge in [-0.15, -0.1) is 0 Å². The Labute approximate surface area is 68.1 Å². The number of rotatable bonds is 0. The normalized spacial score (nSPS) is 21.9. The van der Waals surface area contributed by atoms with Crippen molar-refractivity contribution in [1.82, 2.24) is 0 Å². The zero-order chi connectivity index (χ0) is 6.97. The van der Waals surface area contributed by atoms with Gasteiger partial charge in [-0.2, -0.15) is 0 Å². The second kappa shape index (κ2) is 2.27. The number of benzene rings is 1. The first-order valence-corrected chi connectivity index (χ1v) is 4.16. The molecule has 2 rings (SSSR count). The lowest BCUT2D eigenvalue weighted by molar-refractivity contribution is 0.330. The highest BCUT2D eigenvalue weighted by atomic mass is 79.9. The Balaban J connectivity index is 2.42. The van der Waals surface area contributed by atoms with Crippen molar-refractivity contribution >= 4 is 15.9 Å². The third-order valence-electron chi connectivity index (χ3n) is 1.61. The van der Waals surface area contributed by atoms with Crippen LogP contribution < -0.4 is 4.74 Å². The quantitative estimate of drug-likeness (QED) is 0.582. The third kappa shape index (κ3) is 0.926. The standard InChI is InChI=1S/C8H7BrO/c9-8-5-6-3-1-2-4-7(6)10-8/h1-4,8H,5H2. The average molecular weight is 199 g/mol. The molecule has 52 valence electrons. The van der Waals surface area contributed by atoms with Gasteiger partial charge in [-0.05, 0) is 27.6 Å². The lowest BCUT2D eigenvalue weighted by Gasteiger charge is -1.98. The van der Waals surface area contributed by atoms with Crippen LogP contribution in [0.3, 0.4) is 0 Å². The number of hydrogen-bond donors (Lipinski definition) is 0. The molecule has 0 aromatic heterocycles. The molecule has 10 heavy (non-hydrogen) atoms. The zero-order valence-corrected chi connectivity index (χ0v) is 6.97. The second-order valence-corrected chi connectivity index (χ2v) is 3.36. The minimum Gasteiger partial charge on any atom is -0.479 e. The molecule has 0 saturated carbocycles. The van der Waals surface area contributed by atoms with Crippen LogP contribution in [0.4, 0.5) is 0 Å². The van der Waals surface area contributed by atoms with Crippen molar-refractivity contribution in [3.63, 3.8) is 0 Å². The SMILES string of the molecule is BrC1Cc2ccccc2O1. The molecule has 0 amide bonds. The molecule has 1 aromatic carbocycles. The molecule has 0 bridgehead atoms. The van der Waals surface area contributed by atoms with Crippen molar-refractivity contribution in [3.05, 3.63) is 29.8 Å². The molecule has 1 aromatic rings. The monoisotopic (exact) mass is 198 g/mol. The van der Waals surface area contributed by atoms with Crippen LogP contribution in [0, 0.1) is 0 Å². The van der Waals surface area contributed by atoms with Crippen LogP contribution in [0.25, 0.3) is 0 Å². The van der Waals surface area contributed by atoms with E-state index in [1.54, 1.807) is 0 Å². The lowest BCUT2D eigenvalue weighted by atomic mass is 10.2. The van der Waals surface area contributed by atoms with Gasteiger partial charge in [-0.1, -0.05) is 18.2 Å². The fourth-order valence-corrected chi connectivity index (χ4v) is 1.69. The summed E-state index contributed by atoms with van der Waals surface area (Å²) >= 11 is 3.40. The summed E-state index contributed by atoms with van der Waals surface area (Å²) in [6, 6.07) is 8.12. The second-order valence-electron chi connectivity index (χ2n) is 2.34. The van der Waals surface area contributed by atoms with Crippen molar-refractivity contribution in [3.8, 4) is 5.75 Å². The van der Waals surface area contributed by atoms with Gasteiger partial charge in [0.25, 0.3) is 0 Å². The highest BCUT2D eigenvalue weighted by molar-refractivity contribution is 9.09. The summed E-state index contributed by atoms with van der Waals surface area (Å²) in [5.41, 5.74) is 1.30. The van der Waals surface area contributed by atoms with Crippen LogP contribution in [-0.4, -0.2) is 5.01 Å². The fourth-order valence-electron chi connectivity index (χ4n) is 1.14. The Morgan fingerprint density at radius 2 is 2.20 bits per heavy atom. The summed E-state index contributed by atoms with van der Waals surface area (Å²) in [6.07, 6.45) is 0.982. The maximum absolute atomic E-state index is 5.42. The maximum Gasteiger partial charge on any atom is 0.157 e. The Morgan fingerprint density at radius 1 is 1.40 bits per heavy atom. The van der Waals surface area contributed by atoms with Crippen LogP contribution in [0.1, 0.15) is 5.56 Å². The van der Waals surface area contributed by atoms with E-state index < -0.39 is 0 Å². The highest BCUT2D eigenvalue weighted by Gasteiger charge is 2.18. The van der Waals surface area contributed by atoms with Gasteiger partial charge in [-0.3, -0.25) is 0 Å². The molecule has 1 atom stereocenters. The molecule has 2 heteroatoms. The van der Waals surface area contributed by atoms with Gasteiger partial charge in [0.15, 0.2) is 5.01 Å². The van der Waals surface area contributed by atoms with Crippen molar-refractivity contribution in [2.24, 2.45) is 0 Å². The van der Waals surface area contributed by atoms with Crippen molar-refractivity contribution in [1.29, 1.82) is 0 Å². The first-order valence-electron chi connectivity index (χ1n) is 3.25. The van der Waals surface area contributed by atoms with Gasteiger partial charge < -0.3 is 4.74 Å². The van der Waals surface area contributed by atoms with Crippen molar-refractivity contribution < 1.29 is 4.74 Å². The molecular weight excluding hydrogens is 192 g/mol. The highest BCUT2D eigenvalue weighted by Crippen LogP contribution is 2.30. The molecule has 0 N–H and O–H groups in total. The number of para-hydroxylation sites is 1. The Hall–Kier alpha value is -0.500. The van der Waals surface area contributed by atoms with E-state index in [1.165, 1.54) is 5.56 Å². The smallest absolute Gasteiger partial charge is 0.157 e. The predicted octanol–water partition coefficient (Wildman–Crippen LogP) is 2.34. The Bertz CT molecular complexity index is 222. The van der Waals surface area contributed by atoms with Crippen molar-refractivity contribution in [2.45, 2.75) is 11.4 Å². The molecule has 1 heterocycles. The first kappa shape index (κ1) is 6.23. The average Bonchev–Trinajstić information content (AvgIpc) is 2.27. The minimum absolute atomic E-state index is 0.185. The number of alkyl halides is 1. The van der Waals surface area contributed by atoms with Crippen LogP contribution in [0.15, 0.2) is 24.3 Å². The molecule has 1 unspecified atom stereocenters. The summed E-state index contributed by atoms with van der Waals surface area (Å²) < 4.78 is 5.42. The topological polar surface area (TPSA) is 9.23 Å². The van der Waals surface area contributed by atoms with Crippen LogP contribution in [-0.2, 0) is 6.42 Å². The van der Waals surface area contributed by atoms with Crippen LogP contribution in [0.2, 0.25) is 0 Å². The van der Waals surface area contributed by atoms with Gasteiger partial charge in [-0.25, -0.2) is 0 Å². The van der Waals surface area contributed by atoms with Crippen molar-refractivity contribution in [2.75, 3.05) is 0 Å². The molecule has 1 aliphatic heterocycles. The number of ether oxygens (including phenoxy) is 1. The van der Waals surface area contributed by atoms with E-state index in [0.717, 1.165) is 12.2 Å². The van der Waals surface area contributed by atoms with E-state index in [4.69, 9.17) is 4.74 Å². The lowest BCUT2D eigenvalue weighted by Crippen LogP contribution is -2.00. The molecular formula is C8H7BrO. The predicted molar refractivity (Wildman–Crippen MR) is 43.5 cm³/mol. The van der Waals surface area contributed by atoms with E-state index in [0.29, 0.717) is 0 Å². The van der Waals surface area contributed by atoms with Gasteiger partial charge >= 0.3 is 0 Å². The van der Waals surface area contributed by atoms with Gasteiger partial charge in [0.05, 0.1) is 0 Å². The first-order chi connectivity index (χ1) is 4.86. The van der Waals surface area contributed by atoms with E-state index in [9.17, 15) is 0 Å². The molecule has 0 aliphatic carbocycles. The van der Waals surface area contributed by atoms with E-state index in [-0.39, 0.29) is 5.01 Å². The fraction of sp³-hybridized carbons (Fsp3) is 0.250. The largest absolute Gasteiger partial charge is 0.479 e. The molecule has 1 nitrogen and oxygen atoms in total. The van der Waals surface area contributed by atoms with E-state index >= 15 is 0 Å². The van der Waals surface area contributed by atoms with E-state index in [1.807, 2.05) is 18.2 Å². The van der Waals surface area contributed by atoms with Gasteiger partial charge in [0.1, 0.15) is 5.75 Å². The number of fused-ring (bicyclic) bond motifs is 1. The number of hydrogen-bond acceptors (Lipinski definition) is 1. The molecule has 0 spiro atoms.